The molecule has 0 radical (unpaired) electrons. The van der Waals surface area contributed by atoms with Gasteiger partial charge < -0.3 is 0 Å². The standard InChI is InChI=1S/C28H25F3N2O4S2/c1-38(34,35)23-13-11-20(12-14-23)25(15-19-7-5-6-8-19)26-17-21-16-22(28(29,30)31)18-32-27(21)33(26)39(36,37)24-9-3-2-4-10-24/h2-4,9-19H,5-8H2,1H3/b25-15+. The van der Waals surface area contributed by atoms with E-state index in [1.54, 1.807) is 30.3 Å². The van der Waals surface area contributed by atoms with E-state index < -0.39 is 31.6 Å². The third kappa shape index (κ3) is 5.38. The van der Waals surface area contributed by atoms with Gasteiger partial charge in [-0.3, -0.25) is 0 Å². The van der Waals surface area contributed by atoms with E-state index in [2.05, 4.69) is 4.98 Å². The Bertz CT molecular complexity index is 1770. The molecule has 0 atom stereocenters. The van der Waals surface area contributed by atoms with Crippen LogP contribution in [-0.2, 0) is 26.0 Å². The number of fused-ring (bicyclic) bond motifs is 1. The molecular formula is C28H25F3N2O4S2. The number of nitrogens with zero attached hydrogens (tertiary/aromatic N) is 2. The second-order valence-electron chi connectivity index (χ2n) is 9.67. The van der Waals surface area contributed by atoms with Gasteiger partial charge in [0.05, 0.1) is 21.0 Å². The number of rotatable bonds is 6. The molecule has 0 saturated heterocycles. The normalized spacial score (nSPS) is 15.7. The van der Waals surface area contributed by atoms with Crippen molar-refractivity contribution in [3.05, 3.63) is 95.8 Å². The number of hydrogen-bond acceptors (Lipinski definition) is 5. The molecule has 1 aliphatic carbocycles. The Hall–Kier alpha value is -3.44. The number of pyridine rings is 1. The molecule has 0 spiro atoms. The maximum Gasteiger partial charge on any atom is 0.417 e. The van der Waals surface area contributed by atoms with E-state index in [0.29, 0.717) is 17.3 Å². The summed E-state index contributed by atoms with van der Waals surface area (Å²) in [6.45, 7) is 0. The van der Waals surface area contributed by atoms with Crippen molar-refractivity contribution in [2.45, 2.75) is 41.7 Å². The topological polar surface area (TPSA) is 86.1 Å². The fourth-order valence-electron chi connectivity index (χ4n) is 4.92. The average Bonchev–Trinajstić information content (AvgIpc) is 3.54. The first-order valence-electron chi connectivity index (χ1n) is 12.3. The van der Waals surface area contributed by atoms with Crippen molar-refractivity contribution in [2.24, 2.45) is 5.92 Å². The molecule has 39 heavy (non-hydrogen) atoms. The van der Waals surface area contributed by atoms with Crippen molar-refractivity contribution in [3.8, 4) is 0 Å². The molecule has 204 valence electrons. The predicted molar refractivity (Wildman–Crippen MR) is 142 cm³/mol. The molecule has 0 N–H and O–H groups in total. The first-order valence-corrected chi connectivity index (χ1v) is 15.6. The van der Waals surface area contributed by atoms with Crippen molar-refractivity contribution >= 4 is 36.5 Å². The van der Waals surface area contributed by atoms with Crippen LogP contribution < -0.4 is 0 Å². The molecule has 6 nitrogen and oxygen atoms in total. The summed E-state index contributed by atoms with van der Waals surface area (Å²) >= 11 is 0. The van der Waals surface area contributed by atoms with E-state index in [1.807, 2.05) is 6.08 Å². The van der Waals surface area contributed by atoms with Gasteiger partial charge in [0.25, 0.3) is 10.0 Å². The van der Waals surface area contributed by atoms with Crippen LogP contribution in [0.25, 0.3) is 16.6 Å². The zero-order chi connectivity index (χ0) is 28.0. The number of sulfone groups is 1. The van der Waals surface area contributed by atoms with Gasteiger partial charge in [-0.2, -0.15) is 13.2 Å². The quantitative estimate of drug-likeness (QED) is 0.269. The van der Waals surface area contributed by atoms with Crippen molar-refractivity contribution in [1.29, 1.82) is 0 Å². The van der Waals surface area contributed by atoms with Crippen LogP contribution in [0, 0.1) is 5.92 Å². The summed E-state index contributed by atoms with van der Waals surface area (Å²) in [5.41, 5.74) is 0.0481. The summed E-state index contributed by atoms with van der Waals surface area (Å²) < 4.78 is 93.6. The largest absolute Gasteiger partial charge is 0.417 e. The molecule has 5 rings (SSSR count). The lowest BCUT2D eigenvalue weighted by Gasteiger charge is -2.16. The van der Waals surface area contributed by atoms with Crippen LogP contribution in [0.15, 0.2) is 88.8 Å². The molecule has 2 aromatic carbocycles. The first kappa shape index (κ1) is 27.1. The lowest BCUT2D eigenvalue weighted by Crippen LogP contribution is -2.17. The van der Waals surface area contributed by atoms with Gasteiger partial charge >= 0.3 is 6.18 Å². The van der Waals surface area contributed by atoms with Crippen LogP contribution in [0.1, 0.15) is 42.5 Å². The van der Waals surface area contributed by atoms with E-state index in [1.165, 1.54) is 30.3 Å². The van der Waals surface area contributed by atoms with Gasteiger partial charge in [-0.25, -0.2) is 25.8 Å². The van der Waals surface area contributed by atoms with E-state index in [9.17, 15) is 30.0 Å². The molecule has 0 unspecified atom stereocenters. The predicted octanol–water partition coefficient (Wildman–Crippen LogP) is 6.32. The van der Waals surface area contributed by atoms with E-state index in [4.69, 9.17) is 0 Å². The highest BCUT2D eigenvalue weighted by atomic mass is 32.2. The average molecular weight is 575 g/mol. The molecule has 1 aliphatic rings. The Morgan fingerprint density at radius 2 is 1.56 bits per heavy atom. The lowest BCUT2D eigenvalue weighted by atomic mass is 9.96. The van der Waals surface area contributed by atoms with E-state index >= 15 is 0 Å². The zero-order valence-corrected chi connectivity index (χ0v) is 22.5. The van der Waals surface area contributed by atoms with Crippen molar-refractivity contribution < 1.29 is 30.0 Å². The Morgan fingerprint density at radius 3 is 2.15 bits per heavy atom. The summed E-state index contributed by atoms with van der Waals surface area (Å²) in [5.74, 6) is 0.124. The van der Waals surface area contributed by atoms with E-state index in [-0.39, 0.29) is 32.4 Å². The number of halogens is 3. The highest BCUT2D eigenvalue weighted by Crippen LogP contribution is 2.38. The molecule has 4 aromatic rings. The summed E-state index contributed by atoms with van der Waals surface area (Å²) in [6.07, 6.45) is 2.77. The highest BCUT2D eigenvalue weighted by molar-refractivity contribution is 7.90. The minimum Gasteiger partial charge on any atom is -0.237 e. The van der Waals surface area contributed by atoms with Crippen LogP contribution in [0.4, 0.5) is 13.2 Å². The second-order valence-corrected chi connectivity index (χ2v) is 13.5. The number of aromatic nitrogens is 2. The highest BCUT2D eigenvalue weighted by Gasteiger charge is 2.33. The third-order valence-electron chi connectivity index (χ3n) is 6.88. The minimum absolute atomic E-state index is 0.0180. The monoisotopic (exact) mass is 574 g/mol. The van der Waals surface area contributed by atoms with Gasteiger partial charge in [0, 0.05) is 23.4 Å². The maximum atomic E-state index is 14.0. The SMILES string of the molecule is CS(=O)(=O)c1ccc(/C(=C\C2CCCC2)c2cc3cc(C(F)(F)F)cnc3n2S(=O)(=O)c2ccccc2)cc1. The second kappa shape index (κ2) is 9.95. The van der Waals surface area contributed by atoms with Gasteiger partial charge in [0.2, 0.25) is 0 Å². The maximum absolute atomic E-state index is 14.0. The van der Waals surface area contributed by atoms with Gasteiger partial charge in [-0.15, -0.1) is 0 Å². The van der Waals surface area contributed by atoms with Crippen LogP contribution in [-0.4, -0.2) is 32.0 Å². The summed E-state index contributed by atoms with van der Waals surface area (Å²) in [7, 11) is -7.76. The number of alkyl halides is 3. The number of allylic oxidation sites excluding steroid dienone is 1. The van der Waals surface area contributed by atoms with Gasteiger partial charge in [0.15, 0.2) is 15.5 Å². The van der Waals surface area contributed by atoms with Crippen LogP contribution in [0.5, 0.6) is 0 Å². The van der Waals surface area contributed by atoms with Gasteiger partial charge in [-0.05, 0) is 60.7 Å². The number of benzene rings is 2. The van der Waals surface area contributed by atoms with Crippen molar-refractivity contribution in [2.75, 3.05) is 6.26 Å². The lowest BCUT2D eigenvalue weighted by molar-refractivity contribution is -0.137. The Morgan fingerprint density at radius 1 is 0.923 bits per heavy atom. The van der Waals surface area contributed by atoms with Crippen LogP contribution in [0.2, 0.25) is 0 Å². The molecule has 11 heteroatoms. The molecule has 0 aliphatic heterocycles. The molecule has 0 amide bonds. The fraction of sp³-hybridized carbons (Fsp3) is 0.250. The molecular weight excluding hydrogens is 549 g/mol. The molecule has 0 bridgehead atoms. The molecule has 1 saturated carbocycles. The minimum atomic E-state index is -4.66. The number of hydrogen-bond donors (Lipinski definition) is 0. The summed E-state index contributed by atoms with van der Waals surface area (Å²) in [4.78, 5) is 4.03. The molecule has 2 aromatic heterocycles. The Labute approximate surface area is 224 Å². The zero-order valence-electron chi connectivity index (χ0n) is 20.9. The van der Waals surface area contributed by atoms with Crippen molar-refractivity contribution in [3.63, 3.8) is 0 Å². The summed E-state index contributed by atoms with van der Waals surface area (Å²) in [5, 5.41) is 0.0180. The van der Waals surface area contributed by atoms with Crippen molar-refractivity contribution in [1.82, 2.24) is 8.96 Å². The van der Waals surface area contributed by atoms with Crippen LogP contribution >= 0.6 is 0 Å². The summed E-state index contributed by atoms with van der Waals surface area (Å²) in [6, 6.07) is 16.0. The smallest absolute Gasteiger partial charge is 0.237 e. The van der Waals surface area contributed by atoms with Gasteiger partial charge in [0.1, 0.15) is 0 Å². The Balaban J connectivity index is 1.81. The van der Waals surface area contributed by atoms with Crippen LogP contribution in [0.3, 0.4) is 0 Å². The first-order chi connectivity index (χ1) is 18.4. The van der Waals surface area contributed by atoms with Gasteiger partial charge in [-0.1, -0.05) is 49.2 Å². The molecule has 2 heterocycles. The van der Waals surface area contributed by atoms with E-state index in [0.717, 1.165) is 42.0 Å². The Kier molecular flexibility index (Phi) is 6.92. The molecule has 1 fully saturated rings. The fourth-order valence-corrected chi connectivity index (χ4v) is 7.06. The third-order valence-corrected chi connectivity index (χ3v) is 9.73.